The molecular weight excluding hydrogens is 210 g/mol. The number of likely N-dealkylation sites (N-methyl/N-ethyl adjacent to an activating group) is 1. The molecule has 0 aromatic heterocycles. The van der Waals surface area contributed by atoms with Crippen LogP contribution in [0.25, 0.3) is 0 Å². The molecule has 0 aliphatic carbocycles. The van der Waals surface area contributed by atoms with Gasteiger partial charge in [0.15, 0.2) is 0 Å². The van der Waals surface area contributed by atoms with Gasteiger partial charge in [0, 0.05) is 31.7 Å². The normalized spacial score (nSPS) is 25.1. The monoisotopic (exact) mass is 241 g/mol. The summed E-state index contributed by atoms with van der Waals surface area (Å²) in [6.45, 7) is 16.5. The van der Waals surface area contributed by atoms with E-state index in [-0.39, 0.29) is 0 Å². The summed E-state index contributed by atoms with van der Waals surface area (Å²) in [7, 11) is 0. The van der Waals surface area contributed by atoms with E-state index in [2.05, 4.69) is 42.8 Å². The first-order valence-corrected chi connectivity index (χ1v) is 7.37. The molecule has 17 heavy (non-hydrogen) atoms. The lowest BCUT2D eigenvalue weighted by atomic mass is 10.1. The Morgan fingerprint density at radius 3 is 2.65 bits per heavy atom. The Bertz CT molecular complexity index is 196. The molecule has 1 aliphatic heterocycles. The second-order valence-electron chi connectivity index (χ2n) is 5.42. The van der Waals surface area contributed by atoms with Gasteiger partial charge in [-0.1, -0.05) is 13.8 Å². The quantitative estimate of drug-likeness (QED) is 0.733. The van der Waals surface area contributed by atoms with Crippen LogP contribution in [0.3, 0.4) is 0 Å². The molecule has 0 aromatic rings. The summed E-state index contributed by atoms with van der Waals surface area (Å²) >= 11 is 0. The fourth-order valence-corrected chi connectivity index (χ4v) is 2.61. The maximum Gasteiger partial charge on any atom is 0.0195 e. The van der Waals surface area contributed by atoms with Crippen LogP contribution in [0.5, 0.6) is 0 Å². The van der Waals surface area contributed by atoms with Crippen LogP contribution >= 0.6 is 0 Å². The predicted octanol–water partition coefficient (Wildman–Crippen LogP) is 1.79. The van der Waals surface area contributed by atoms with Crippen molar-refractivity contribution in [3.05, 3.63) is 0 Å². The minimum Gasteiger partial charge on any atom is -0.314 e. The van der Waals surface area contributed by atoms with E-state index in [4.69, 9.17) is 0 Å². The average Bonchev–Trinajstić information content (AvgIpc) is 2.34. The van der Waals surface area contributed by atoms with Crippen molar-refractivity contribution < 1.29 is 0 Å². The summed E-state index contributed by atoms with van der Waals surface area (Å²) in [5.74, 6) is 0. The van der Waals surface area contributed by atoms with Gasteiger partial charge in [0.05, 0.1) is 0 Å². The zero-order valence-electron chi connectivity index (χ0n) is 12.2. The molecule has 2 atom stereocenters. The number of nitrogens with zero attached hydrogens (tertiary/aromatic N) is 2. The van der Waals surface area contributed by atoms with Crippen LogP contribution in [-0.2, 0) is 0 Å². The lowest BCUT2D eigenvalue weighted by molar-refractivity contribution is 0.0856. The van der Waals surface area contributed by atoms with E-state index in [0.717, 1.165) is 12.6 Å². The molecule has 1 aliphatic rings. The first kappa shape index (κ1) is 14.9. The summed E-state index contributed by atoms with van der Waals surface area (Å²) in [4.78, 5) is 5.20. The smallest absolute Gasteiger partial charge is 0.0195 e. The maximum absolute atomic E-state index is 3.57. The van der Waals surface area contributed by atoms with E-state index in [1.165, 1.54) is 45.6 Å². The first-order chi connectivity index (χ1) is 8.17. The summed E-state index contributed by atoms with van der Waals surface area (Å²) in [6, 6.07) is 1.39. The van der Waals surface area contributed by atoms with Crippen molar-refractivity contribution in [3.8, 4) is 0 Å². The SMILES string of the molecule is CCCNC(C)CCN1CCN(CC)C(C)C1. The molecule has 0 saturated carbocycles. The zero-order chi connectivity index (χ0) is 12.7. The van der Waals surface area contributed by atoms with Gasteiger partial charge in [-0.05, 0) is 46.3 Å². The molecule has 0 bridgehead atoms. The Labute approximate surface area is 108 Å². The summed E-state index contributed by atoms with van der Waals surface area (Å²) < 4.78 is 0. The van der Waals surface area contributed by atoms with Crippen LogP contribution in [0, 0.1) is 0 Å². The predicted molar refractivity (Wildman–Crippen MR) is 75.5 cm³/mol. The van der Waals surface area contributed by atoms with Gasteiger partial charge >= 0.3 is 0 Å². The van der Waals surface area contributed by atoms with E-state index < -0.39 is 0 Å². The minimum atomic E-state index is 0.662. The van der Waals surface area contributed by atoms with Gasteiger partial charge < -0.3 is 10.2 Å². The molecule has 1 fully saturated rings. The molecule has 0 radical (unpaired) electrons. The Hall–Kier alpha value is -0.120. The molecule has 1 saturated heterocycles. The molecule has 1 heterocycles. The Kier molecular flexibility index (Phi) is 7.09. The van der Waals surface area contributed by atoms with Gasteiger partial charge in [-0.2, -0.15) is 0 Å². The third-order valence-corrected chi connectivity index (χ3v) is 3.88. The second-order valence-corrected chi connectivity index (χ2v) is 5.42. The van der Waals surface area contributed by atoms with Crippen molar-refractivity contribution in [2.75, 3.05) is 39.3 Å². The molecule has 0 spiro atoms. The van der Waals surface area contributed by atoms with Crippen molar-refractivity contribution in [1.29, 1.82) is 0 Å². The third kappa shape index (κ3) is 5.36. The van der Waals surface area contributed by atoms with Crippen LogP contribution in [-0.4, -0.2) is 61.2 Å². The van der Waals surface area contributed by atoms with Gasteiger partial charge in [0.25, 0.3) is 0 Å². The fraction of sp³-hybridized carbons (Fsp3) is 1.00. The van der Waals surface area contributed by atoms with Crippen LogP contribution < -0.4 is 5.32 Å². The number of hydrogen-bond donors (Lipinski definition) is 1. The lowest BCUT2D eigenvalue weighted by Crippen LogP contribution is -2.52. The second kappa shape index (κ2) is 8.06. The number of nitrogens with one attached hydrogen (secondary N) is 1. The van der Waals surface area contributed by atoms with E-state index in [0.29, 0.717) is 6.04 Å². The summed E-state index contributed by atoms with van der Waals surface area (Å²) in [5, 5.41) is 3.57. The summed E-state index contributed by atoms with van der Waals surface area (Å²) in [5.41, 5.74) is 0. The fourth-order valence-electron chi connectivity index (χ4n) is 2.61. The van der Waals surface area contributed by atoms with Crippen molar-refractivity contribution in [3.63, 3.8) is 0 Å². The highest BCUT2D eigenvalue weighted by molar-refractivity contribution is 4.78. The standard InChI is InChI=1S/C14H31N3/c1-5-8-15-13(3)7-9-16-10-11-17(6-2)14(4)12-16/h13-15H,5-12H2,1-4H3. The largest absolute Gasteiger partial charge is 0.314 e. The van der Waals surface area contributed by atoms with E-state index >= 15 is 0 Å². The van der Waals surface area contributed by atoms with Gasteiger partial charge in [-0.15, -0.1) is 0 Å². The van der Waals surface area contributed by atoms with Crippen LogP contribution in [0.4, 0.5) is 0 Å². The Morgan fingerprint density at radius 2 is 2.06 bits per heavy atom. The lowest BCUT2D eigenvalue weighted by Gasteiger charge is -2.39. The molecule has 3 heteroatoms. The molecule has 3 nitrogen and oxygen atoms in total. The molecule has 102 valence electrons. The molecule has 0 aromatic carbocycles. The first-order valence-electron chi connectivity index (χ1n) is 7.37. The Balaban J connectivity index is 2.16. The molecule has 2 unspecified atom stereocenters. The third-order valence-electron chi connectivity index (χ3n) is 3.88. The number of rotatable bonds is 7. The van der Waals surface area contributed by atoms with Crippen LogP contribution in [0.15, 0.2) is 0 Å². The topological polar surface area (TPSA) is 18.5 Å². The molecular formula is C14H31N3. The zero-order valence-corrected chi connectivity index (χ0v) is 12.2. The van der Waals surface area contributed by atoms with Crippen molar-refractivity contribution >= 4 is 0 Å². The van der Waals surface area contributed by atoms with Gasteiger partial charge in [-0.25, -0.2) is 0 Å². The van der Waals surface area contributed by atoms with Crippen molar-refractivity contribution in [2.24, 2.45) is 0 Å². The average molecular weight is 241 g/mol. The highest BCUT2D eigenvalue weighted by Gasteiger charge is 2.21. The van der Waals surface area contributed by atoms with Crippen molar-refractivity contribution in [2.45, 2.75) is 52.6 Å². The molecule has 1 rings (SSSR count). The van der Waals surface area contributed by atoms with E-state index in [1.807, 2.05) is 0 Å². The highest BCUT2D eigenvalue weighted by atomic mass is 15.3. The molecule has 0 amide bonds. The Morgan fingerprint density at radius 1 is 1.29 bits per heavy atom. The van der Waals surface area contributed by atoms with Gasteiger partial charge in [-0.3, -0.25) is 4.90 Å². The molecule has 1 N–H and O–H groups in total. The number of hydrogen-bond acceptors (Lipinski definition) is 3. The number of piperazine rings is 1. The van der Waals surface area contributed by atoms with Gasteiger partial charge in [0.1, 0.15) is 0 Å². The summed E-state index contributed by atoms with van der Waals surface area (Å²) in [6.07, 6.45) is 2.51. The highest BCUT2D eigenvalue weighted by Crippen LogP contribution is 2.09. The van der Waals surface area contributed by atoms with E-state index in [1.54, 1.807) is 0 Å². The van der Waals surface area contributed by atoms with Crippen LogP contribution in [0.2, 0.25) is 0 Å². The minimum absolute atomic E-state index is 0.662. The van der Waals surface area contributed by atoms with Crippen molar-refractivity contribution in [1.82, 2.24) is 15.1 Å². The van der Waals surface area contributed by atoms with Crippen LogP contribution in [0.1, 0.15) is 40.5 Å². The maximum atomic E-state index is 3.57. The van der Waals surface area contributed by atoms with E-state index in [9.17, 15) is 0 Å². The van der Waals surface area contributed by atoms with Gasteiger partial charge in [0.2, 0.25) is 0 Å².